The summed E-state index contributed by atoms with van der Waals surface area (Å²) in [5.74, 6) is 1.43. The van der Waals surface area contributed by atoms with E-state index in [0.29, 0.717) is 12.0 Å². The first-order valence-corrected chi connectivity index (χ1v) is 9.71. The van der Waals surface area contributed by atoms with Crippen LogP contribution in [0.4, 0.5) is 0 Å². The predicted octanol–water partition coefficient (Wildman–Crippen LogP) is 2.49. The Morgan fingerprint density at radius 1 is 1.38 bits per heavy atom. The monoisotopic (exact) mass is 350 g/mol. The number of aliphatic imine (C=N–C) groups is 1. The summed E-state index contributed by atoms with van der Waals surface area (Å²) in [6.07, 6.45) is 5.99. The number of carbonyl (C=O) groups is 1. The Bertz CT molecular complexity index is 527. The molecule has 1 fully saturated rings. The molecule has 2 rings (SSSR count). The van der Waals surface area contributed by atoms with E-state index in [2.05, 4.69) is 40.1 Å². The zero-order valence-corrected chi connectivity index (χ0v) is 15.9. The van der Waals surface area contributed by atoms with Gasteiger partial charge < -0.3 is 15.5 Å². The number of nitrogens with zero attached hydrogens (tertiary/aromatic N) is 2. The third-order valence-corrected chi connectivity index (χ3v) is 5.48. The predicted molar refractivity (Wildman–Crippen MR) is 102 cm³/mol. The normalized spacial score (nSPS) is 21.4. The summed E-state index contributed by atoms with van der Waals surface area (Å²) in [5.41, 5.74) is 0. The average Bonchev–Trinajstić information content (AvgIpc) is 3.07. The van der Waals surface area contributed by atoms with E-state index in [1.807, 2.05) is 0 Å². The molecule has 2 N–H and O–H groups in total. The van der Waals surface area contributed by atoms with Crippen LogP contribution in [0.15, 0.2) is 22.5 Å². The summed E-state index contributed by atoms with van der Waals surface area (Å²) in [7, 11) is 3.52. The number of guanidine groups is 1. The van der Waals surface area contributed by atoms with Crippen LogP contribution in [-0.2, 0) is 11.2 Å². The SMILES string of the molecule is CC1CCCCC1NC(=NCC(=O)N(C)C)NCCc1cccs1. The van der Waals surface area contributed by atoms with Gasteiger partial charge in [-0.1, -0.05) is 25.8 Å². The molecule has 0 bridgehead atoms. The molecule has 24 heavy (non-hydrogen) atoms. The van der Waals surface area contributed by atoms with Crippen LogP contribution >= 0.6 is 11.3 Å². The second-order valence-corrected chi connectivity index (χ2v) is 7.75. The highest BCUT2D eigenvalue weighted by Crippen LogP contribution is 2.23. The standard InChI is InChI=1S/C18H30N4OS/c1-14-7-4-5-9-16(14)21-18(20-13-17(23)22(2)3)19-11-10-15-8-6-12-24-15/h6,8,12,14,16H,4-5,7,9-11,13H2,1-3H3,(H2,19,20,21). The largest absolute Gasteiger partial charge is 0.356 e. The molecule has 5 nitrogen and oxygen atoms in total. The van der Waals surface area contributed by atoms with E-state index < -0.39 is 0 Å². The van der Waals surface area contributed by atoms with Crippen molar-refractivity contribution in [2.24, 2.45) is 10.9 Å². The molecule has 0 radical (unpaired) electrons. The maximum atomic E-state index is 11.8. The number of rotatable bonds is 6. The quantitative estimate of drug-likeness (QED) is 0.612. The lowest BCUT2D eigenvalue weighted by molar-refractivity contribution is -0.127. The fraction of sp³-hybridized carbons (Fsp3) is 0.667. The van der Waals surface area contributed by atoms with Crippen LogP contribution in [0.5, 0.6) is 0 Å². The van der Waals surface area contributed by atoms with Crippen LogP contribution in [0.25, 0.3) is 0 Å². The summed E-state index contributed by atoms with van der Waals surface area (Å²) >= 11 is 1.77. The second kappa shape index (κ2) is 9.67. The Hall–Kier alpha value is -1.56. The van der Waals surface area contributed by atoms with Gasteiger partial charge in [0.15, 0.2) is 5.96 Å². The maximum Gasteiger partial charge on any atom is 0.243 e. The number of amides is 1. The van der Waals surface area contributed by atoms with Crippen molar-refractivity contribution in [1.29, 1.82) is 0 Å². The Labute approximate surface area is 149 Å². The van der Waals surface area contributed by atoms with E-state index in [4.69, 9.17) is 0 Å². The molecule has 0 spiro atoms. The highest BCUT2D eigenvalue weighted by atomic mass is 32.1. The lowest BCUT2D eigenvalue weighted by Gasteiger charge is -2.31. The van der Waals surface area contributed by atoms with Crippen molar-refractivity contribution < 1.29 is 4.79 Å². The van der Waals surface area contributed by atoms with E-state index in [9.17, 15) is 4.79 Å². The number of nitrogens with one attached hydrogen (secondary N) is 2. The third kappa shape index (κ3) is 6.15. The van der Waals surface area contributed by atoms with Gasteiger partial charge >= 0.3 is 0 Å². The van der Waals surface area contributed by atoms with Crippen LogP contribution in [-0.4, -0.2) is 50.0 Å². The summed E-state index contributed by atoms with van der Waals surface area (Å²) in [5, 5.41) is 9.05. The number of likely N-dealkylation sites (N-methyl/N-ethyl adjacent to an activating group) is 1. The molecule has 2 atom stereocenters. The van der Waals surface area contributed by atoms with Gasteiger partial charge in [-0.15, -0.1) is 11.3 Å². The minimum Gasteiger partial charge on any atom is -0.356 e. The minimum atomic E-state index is 0.0195. The first kappa shape index (κ1) is 18.8. The lowest BCUT2D eigenvalue weighted by atomic mass is 9.86. The first-order valence-electron chi connectivity index (χ1n) is 8.83. The molecule has 1 saturated carbocycles. The van der Waals surface area contributed by atoms with Gasteiger partial charge in [0.1, 0.15) is 6.54 Å². The van der Waals surface area contributed by atoms with Crippen molar-refractivity contribution in [3.05, 3.63) is 22.4 Å². The molecule has 6 heteroatoms. The fourth-order valence-corrected chi connectivity index (χ4v) is 3.61. The zero-order valence-electron chi connectivity index (χ0n) is 15.0. The molecular weight excluding hydrogens is 320 g/mol. The van der Waals surface area contributed by atoms with Gasteiger partial charge in [-0.25, -0.2) is 4.99 Å². The van der Waals surface area contributed by atoms with Gasteiger partial charge in [-0.05, 0) is 36.6 Å². The van der Waals surface area contributed by atoms with Crippen LogP contribution in [0.3, 0.4) is 0 Å². The van der Waals surface area contributed by atoms with E-state index in [-0.39, 0.29) is 12.5 Å². The van der Waals surface area contributed by atoms with Crippen molar-refractivity contribution >= 4 is 23.2 Å². The summed E-state index contributed by atoms with van der Waals surface area (Å²) in [4.78, 5) is 19.3. The van der Waals surface area contributed by atoms with Crippen molar-refractivity contribution in [2.45, 2.75) is 45.1 Å². The Morgan fingerprint density at radius 3 is 2.83 bits per heavy atom. The number of hydrogen-bond acceptors (Lipinski definition) is 3. The van der Waals surface area contributed by atoms with Crippen LogP contribution in [0.1, 0.15) is 37.5 Å². The molecule has 1 amide bonds. The molecule has 134 valence electrons. The highest BCUT2D eigenvalue weighted by molar-refractivity contribution is 7.09. The van der Waals surface area contributed by atoms with Crippen LogP contribution in [0, 0.1) is 5.92 Å². The molecule has 0 aromatic carbocycles. The molecule has 1 aliphatic rings. The Kier molecular flexibility index (Phi) is 7.56. The molecule has 1 aromatic rings. The van der Waals surface area contributed by atoms with Crippen LogP contribution < -0.4 is 10.6 Å². The number of thiophene rings is 1. The van der Waals surface area contributed by atoms with Crippen molar-refractivity contribution in [3.63, 3.8) is 0 Å². The van der Waals surface area contributed by atoms with Crippen molar-refractivity contribution in [2.75, 3.05) is 27.2 Å². The molecule has 2 unspecified atom stereocenters. The molecule has 1 aliphatic carbocycles. The zero-order chi connectivity index (χ0) is 17.4. The molecule has 0 saturated heterocycles. The summed E-state index contributed by atoms with van der Waals surface area (Å²) in [6, 6.07) is 4.67. The van der Waals surface area contributed by atoms with E-state index in [1.54, 1.807) is 30.3 Å². The van der Waals surface area contributed by atoms with Gasteiger partial charge in [0.2, 0.25) is 5.91 Å². The highest BCUT2D eigenvalue weighted by Gasteiger charge is 2.22. The molecule has 1 aromatic heterocycles. The van der Waals surface area contributed by atoms with E-state index >= 15 is 0 Å². The maximum absolute atomic E-state index is 11.8. The van der Waals surface area contributed by atoms with Crippen LogP contribution in [0.2, 0.25) is 0 Å². The summed E-state index contributed by atoms with van der Waals surface area (Å²) in [6.45, 7) is 3.30. The van der Waals surface area contributed by atoms with Gasteiger partial charge in [0, 0.05) is 31.6 Å². The van der Waals surface area contributed by atoms with Gasteiger partial charge in [-0.2, -0.15) is 0 Å². The van der Waals surface area contributed by atoms with E-state index in [0.717, 1.165) is 18.9 Å². The summed E-state index contributed by atoms with van der Waals surface area (Å²) < 4.78 is 0. The number of carbonyl (C=O) groups excluding carboxylic acids is 1. The minimum absolute atomic E-state index is 0.0195. The first-order chi connectivity index (χ1) is 11.6. The topological polar surface area (TPSA) is 56.7 Å². The molecular formula is C18H30N4OS. The van der Waals surface area contributed by atoms with Gasteiger partial charge in [0.25, 0.3) is 0 Å². The number of hydrogen-bond donors (Lipinski definition) is 2. The van der Waals surface area contributed by atoms with Crippen molar-refractivity contribution in [3.8, 4) is 0 Å². The van der Waals surface area contributed by atoms with E-state index in [1.165, 1.54) is 30.6 Å². The van der Waals surface area contributed by atoms with Gasteiger partial charge in [0.05, 0.1) is 0 Å². The third-order valence-electron chi connectivity index (χ3n) is 4.55. The smallest absolute Gasteiger partial charge is 0.243 e. The van der Waals surface area contributed by atoms with Gasteiger partial charge in [-0.3, -0.25) is 4.79 Å². The molecule has 1 heterocycles. The fourth-order valence-electron chi connectivity index (χ4n) is 2.91. The Balaban J connectivity index is 1.91. The Morgan fingerprint density at radius 2 is 2.17 bits per heavy atom. The van der Waals surface area contributed by atoms with Crippen molar-refractivity contribution in [1.82, 2.24) is 15.5 Å². The lowest BCUT2D eigenvalue weighted by Crippen LogP contribution is -2.48. The molecule has 0 aliphatic heterocycles. The average molecular weight is 351 g/mol. The second-order valence-electron chi connectivity index (χ2n) is 6.72.